The maximum absolute atomic E-state index is 11.0. The second-order valence-electron chi connectivity index (χ2n) is 6.06. The Kier molecular flexibility index (Phi) is 4.79. The van der Waals surface area contributed by atoms with Gasteiger partial charge in [0.2, 0.25) is 0 Å². The van der Waals surface area contributed by atoms with Crippen molar-refractivity contribution >= 4 is 29.1 Å². The molecular weight excluding hydrogens is 300 g/mol. The molecule has 1 heterocycles. The highest BCUT2D eigenvalue weighted by atomic mass is 32.2. The minimum atomic E-state index is -0.839. The molecule has 0 saturated carbocycles. The first-order valence-corrected chi connectivity index (χ1v) is 8.63. The van der Waals surface area contributed by atoms with E-state index in [1.807, 2.05) is 6.92 Å². The topological polar surface area (TPSA) is 37.3 Å². The minimum absolute atomic E-state index is 0.170. The van der Waals surface area contributed by atoms with Crippen molar-refractivity contribution in [1.29, 1.82) is 0 Å². The van der Waals surface area contributed by atoms with Gasteiger partial charge >= 0.3 is 5.97 Å². The Bertz CT molecular complexity index is 634. The van der Waals surface area contributed by atoms with Gasteiger partial charge in [-0.25, -0.2) is 4.79 Å². The van der Waals surface area contributed by atoms with E-state index in [1.54, 1.807) is 17.8 Å². The van der Waals surface area contributed by atoms with E-state index in [2.05, 4.69) is 45.0 Å². The summed E-state index contributed by atoms with van der Waals surface area (Å²) in [5.74, 6) is -0.0290. The maximum atomic E-state index is 11.0. The molecule has 0 saturated heterocycles. The number of carboxylic acid groups (broad SMARTS) is 1. The van der Waals surface area contributed by atoms with E-state index in [4.69, 9.17) is 5.11 Å². The number of thiophene rings is 1. The lowest BCUT2D eigenvalue weighted by molar-refractivity contribution is 0.0702. The van der Waals surface area contributed by atoms with Gasteiger partial charge in [0.05, 0.1) is 0 Å². The van der Waals surface area contributed by atoms with Crippen molar-refractivity contribution in [3.05, 3.63) is 51.2 Å². The van der Waals surface area contributed by atoms with Crippen molar-refractivity contribution in [2.45, 2.75) is 43.8 Å². The lowest BCUT2D eigenvalue weighted by atomic mass is 9.87. The van der Waals surface area contributed by atoms with E-state index in [0.29, 0.717) is 4.88 Å². The monoisotopic (exact) mass is 320 g/mol. The smallest absolute Gasteiger partial charge is 0.345 e. The standard InChI is InChI=1S/C17H20O2S2/c1-11-12(9-15(21-11)16(18)19)10-20-14-7-5-13(6-8-14)17(2,3)4/h5-9H,10H2,1-4H3,(H,18,19). The van der Waals surface area contributed by atoms with Gasteiger partial charge in [-0.05, 0) is 41.7 Å². The number of carbonyl (C=O) groups is 1. The quantitative estimate of drug-likeness (QED) is 0.772. The summed E-state index contributed by atoms with van der Waals surface area (Å²) in [7, 11) is 0. The van der Waals surface area contributed by atoms with Gasteiger partial charge in [0.15, 0.2) is 0 Å². The molecular formula is C17H20O2S2. The largest absolute Gasteiger partial charge is 0.477 e. The number of hydrogen-bond acceptors (Lipinski definition) is 3. The molecule has 2 rings (SSSR count). The van der Waals surface area contributed by atoms with Crippen molar-refractivity contribution in [1.82, 2.24) is 0 Å². The van der Waals surface area contributed by atoms with Crippen LogP contribution in [0.5, 0.6) is 0 Å². The normalized spacial score (nSPS) is 11.6. The third-order valence-corrected chi connectivity index (χ3v) is 5.49. The van der Waals surface area contributed by atoms with E-state index in [9.17, 15) is 4.79 Å². The maximum Gasteiger partial charge on any atom is 0.345 e. The van der Waals surface area contributed by atoms with Crippen LogP contribution in [0.4, 0.5) is 0 Å². The van der Waals surface area contributed by atoms with Gasteiger partial charge in [0, 0.05) is 15.5 Å². The SMILES string of the molecule is Cc1sc(C(=O)O)cc1CSc1ccc(C(C)(C)C)cc1. The Labute approximate surface area is 134 Å². The lowest BCUT2D eigenvalue weighted by Gasteiger charge is -2.19. The second kappa shape index (κ2) is 6.24. The van der Waals surface area contributed by atoms with Gasteiger partial charge < -0.3 is 5.11 Å². The molecule has 0 aliphatic carbocycles. The van der Waals surface area contributed by atoms with Crippen molar-refractivity contribution in [3.63, 3.8) is 0 Å². The molecule has 0 fully saturated rings. The number of benzene rings is 1. The van der Waals surface area contributed by atoms with Crippen LogP contribution in [0.15, 0.2) is 35.2 Å². The molecule has 1 N–H and O–H groups in total. The van der Waals surface area contributed by atoms with Crippen LogP contribution in [-0.4, -0.2) is 11.1 Å². The minimum Gasteiger partial charge on any atom is -0.477 e. The number of aromatic carboxylic acids is 1. The van der Waals surface area contributed by atoms with Crippen LogP contribution in [0.3, 0.4) is 0 Å². The zero-order valence-corrected chi connectivity index (χ0v) is 14.4. The fourth-order valence-corrected chi connectivity index (χ4v) is 3.90. The molecule has 0 radical (unpaired) electrons. The summed E-state index contributed by atoms with van der Waals surface area (Å²) < 4.78 is 0. The number of rotatable bonds is 4. The molecule has 2 aromatic rings. The molecule has 0 aliphatic rings. The number of thioether (sulfide) groups is 1. The number of carboxylic acids is 1. The number of aryl methyl sites for hydroxylation is 1. The van der Waals surface area contributed by atoms with Gasteiger partial charge in [0.25, 0.3) is 0 Å². The van der Waals surface area contributed by atoms with Crippen LogP contribution in [0, 0.1) is 6.92 Å². The summed E-state index contributed by atoms with van der Waals surface area (Å²) >= 11 is 3.10. The Morgan fingerprint density at radius 2 is 1.86 bits per heavy atom. The summed E-state index contributed by atoms with van der Waals surface area (Å²) in [6, 6.07) is 10.4. The molecule has 1 aromatic heterocycles. The lowest BCUT2D eigenvalue weighted by Crippen LogP contribution is -2.10. The van der Waals surface area contributed by atoms with Gasteiger partial charge in [-0.1, -0.05) is 32.9 Å². The Hall–Kier alpha value is -1.26. The highest BCUT2D eigenvalue weighted by Crippen LogP contribution is 2.30. The first-order valence-electron chi connectivity index (χ1n) is 6.83. The fourth-order valence-electron chi connectivity index (χ4n) is 1.98. The molecule has 0 aliphatic heterocycles. The molecule has 2 nitrogen and oxygen atoms in total. The van der Waals surface area contributed by atoms with Crippen LogP contribution in [0.2, 0.25) is 0 Å². The summed E-state index contributed by atoms with van der Waals surface area (Å²) in [5.41, 5.74) is 2.61. The highest BCUT2D eigenvalue weighted by molar-refractivity contribution is 7.98. The number of hydrogen-bond donors (Lipinski definition) is 1. The van der Waals surface area contributed by atoms with Crippen molar-refractivity contribution in [2.24, 2.45) is 0 Å². The molecule has 0 bridgehead atoms. The van der Waals surface area contributed by atoms with Crippen LogP contribution in [-0.2, 0) is 11.2 Å². The van der Waals surface area contributed by atoms with Crippen LogP contribution < -0.4 is 0 Å². The molecule has 1 aromatic carbocycles. The van der Waals surface area contributed by atoms with E-state index >= 15 is 0 Å². The molecule has 0 unspecified atom stereocenters. The van der Waals surface area contributed by atoms with E-state index in [-0.39, 0.29) is 5.41 Å². The molecule has 112 valence electrons. The second-order valence-corrected chi connectivity index (χ2v) is 8.37. The average molecular weight is 320 g/mol. The average Bonchev–Trinajstić information content (AvgIpc) is 2.77. The van der Waals surface area contributed by atoms with E-state index in [0.717, 1.165) is 16.2 Å². The summed E-state index contributed by atoms with van der Waals surface area (Å²) in [4.78, 5) is 13.7. The van der Waals surface area contributed by atoms with Crippen LogP contribution >= 0.6 is 23.1 Å². The first-order chi connectivity index (χ1) is 9.77. The summed E-state index contributed by atoms with van der Waals surface area (Å²) in [6.45, 7) is 8.60. The van der Waals surface area contributed by atoms with Gasteiger partial charge in [-0.15, -0.1) is 23.1 Å². The van der Waals surface area contributed by atoms with Gasteiger partial charge in [-0.3, -0.25) is 0 Å². The highest BCUT2D eigenvalue weighted by Gasteiger charge is 2.14. The molecule has 21 heavy (non-hydrogen) atoms. The van der Waals surface area contributed by atoms with Gasteiger partial charge in [0.1, 0.15) is 4.88 Å². The zero-order chi connectivity index (χ0) is 15.6. The third-order valence-electron chi connectivity index (χ3n) is 3.35. The first kappa shape index (κ1) is 16.1. The molecule has 0 spiro atoms. The summed E-state index contributed by atoms with van der Waals surface area (Å²) in [6.07, 6.45) is 0. The Morgan fingerprint density at radius 1 is 1.24 bits per heavy atom. The van der Waals surface area contributed by atoms with Crippen LogP contribution in [0.25, 0.3) is 0 Å². The van der Waals surface area contributed by atoms with E-state index in [1.165, 1.54) is 21.8 Å². The van der Waals surface area contributed by atoms with Gasteiger partial charge in [-0.2, -0.15) is 0 Å². The zero-order valence-electron chi connectivity index (χ0n) is 12.8. The third kappa shape index (κ3) is 4.11. The Balaban J connectivity index is 2.05. The fraction of sp³-hybridized carbons (Fsp3) is 0.353. The predicted octanol–water partition coefficient (Wildman–Crippen LogP) is 5.34. The molecule has 0 amide bonds. The van der Waals surface area contributed by atoms with E-state index < -0.39 is 5.97 Å². The molecule has 0 atom stereocenters. The Morgan fingerprint density at radius 3 is 2.33 bits per heavy atom. The van der Waals surface area contributed by atoms with Crippen LogP contribution in [0.1, 0.15) is 46.4 Å². The van der Waals surface area contributed by atoms with Crippen molar-refractivity contribution in [2.75, 3.05) is 0 Å². The van der Waals surface area contributed by atoms with Crippen molar-refractivity contribution in [3.8, 4) is 0 Å². The summed E-state index contributed by atoms with van der Waals surface area (Å²) in [5, 5.41) is 9.02. The van der Waals surface area contributed by atoms with Crippen molar-refractivity contribution < 1.29 is 9.90 Å². The molecule has 4 heteroatoms. The predicted molar refractivity (Wildman–Crippen MR) is 90.7 cm³/mol.